The van der Waals surface area contributed by atoms with Crippen LogP contribution >= 0.6 is 0 Å². The summed E-state index contributed by atoms with van der Waals surface area (Å²) in [6.07, 6.45) is 1.23. The lowest BCUT2D eigenvalue weighted by Crippen LogP contribution is -2.32. The van der Waals surface area contributed by atoms with Gasteiger partial charge in [0.05, 0.1) is 0 Å². The molecule has 0 bridgehead atoms. The van der Waals surface area contributed by atoms with E-state index in [1.54, 1.807) is 0 Å². The van der Waals surface area contributed by atoms with Crippen LogP contribution in [0, 0.1) is 5.92 Å². The monoisotopic (exact) mass is 262 g/mol. The fourth-order valence-electron chi connectivity index (χ4n) is 2.32. The highest BCUT2D eigenvalue weighted by atomic mass is 15.1. The van der Waals surface area contributed by atoms with E-state index in [0.717, 1.165) is 32.1 Å². The highest BCUT2D eigenvalue weighted by Gasteiger charge is 2.17. The van der Waals surface area contributed by atoms with Crippen LogP contribution in [0.2, 0.25) is 0 Å². The number of hydrogen-bond donors (Lipinski definition) is 1. The molecule has 2 heteroatoms. The molecule has 0 fully saturated rings. The van der Waals surface area contributed by atoms with Gasteiger partial charge in [-0.1, -0.05) is 57.5 Å². The Kier molecular flexibility index (Phi) is 7.76. The SMILES string of the molecule is CCC(C)C(CNCCN(C)CC)c1ccccc1. The Morgan fingerprint density at radius 3 is 2.42 bits per heavy atom. The summed E-state index contributed by atoms with van der Waals surface area (Å²) in [6.45, 7) is 11.2. The molecule has 0 aliphatic carbocycles. The third-order valence-corrected chi connectivity index (χ3v) is 4.13. The standard InChI is InChI=1S/C17H30N2/c1-5-15(3)17(16-10-8-7-9-11-16)14-18-12-13-19(4)6-2/h7-11,15,17-18H,5-6,12-14H2,1-4H3. The van der Waals surface area contributed by atoms with Crippen LogP contribution in [0.5, 0.6) is 0 Å². The van der Waals surface area contributed by atoms with Gasteiger partial charge >= 0.3 is 0 Å². The van der Waals surface area contributed by atoms with E-state index in [2.05, 4.69) is 68.4 Å². The van der Waals surface area contributed by atoms with Crippen LogP contribution in [-0.2, 0) is 0 Å². The summed E-state index contributed by atoms with van der Waals surface area (Å²) >= 11 is 0. The van der Waals surface area contributed by atoms with Gasteiger partial charge in [0.25, 0.3) is 0 Å². The molecule has 2 atom stereocenters. The average Bonchev–Trinajstić information content (AvgIpc) is 2.47. The number of hydrogen-bond acceptors (Lipinski definition) is 2. The predicted molar refractivity (Wildman–Crippen MR) is 84.7 cm³/mol. The summed E-state index contributed by atoms with van der Waals surface area (Å²) in [6, 6.07) is 10.9. The number of nitrogens with zero attached hydrogens (tertiary/aromatic N) is 1. The second-order valence-electron chi connectivity index (χ2n) is 5.50. The molecule has 0 aliphatic rings. The maximum Gasteiger partial charge on any atom is 0.0104 e. The maximum absolute atomic E-state index is 3.62. The average molecular weight is 262 g/mol. The van der Waals surface area contributed by atoms with E-state index >= 15 is 0 Å². The Bertz CT molecular complexity index is 323. The number of likely N-dealkylation sites (N-methyl/N-ethyl adjacent to an activating group) is 1. The maximum atomic E-state index is 3.62. The van der Waals surface area contributed by atoms with Crippen molar-refractivity contribution in [1.82, 2.24) is 10.2 Å². The molecule has 0 spiro atoms. The summed E-state index contributed by atoms with van der Waals surface area (Å²) in [5.41, 5.74) is 1.47. The zero-order chi connectivity index (χ0) is 14.1. The number of benzene rings is 1. The van der Waals surface area contributed by atoms with Gasteiger partial charge in [-0.15, -0.1) is 0 Å². The molecule has 2 unspecified atom stereocenters. The minimum Gasteiger partial charge on any atom is -0.315 e. The second-order valence-corrected chi connectivity index (χ2v) is 5.50. The molecule has 0 amide bonds. The molecule has 2 nitrogen and oxygen atoms in total. The van der Waals surface area contributed by atoms with Crippen molar-refractivity contribution in [3.63, 3.8) is 0 Å². The third kappa shape index (κ3) is 5.75. The van der Waals surface area contributed by atoms with E-state index in [9.17, 15) is 0 Å². The molecule has 0 radical (unpaired) electrons. The molecular weight excluding hydrogens is 232 g/mol. The van der Waals surface area contributed by atoms with Crippen LogP contribution in [0.3, 0.4) is 0 Å². The first-order valence-electron chi connectivity index (χ1n) is 7.63. The summed E-state index contributed by atoms with van der Waals surface area (Å²) in [5, 5.41) is 3.62. The van der Waals surface area contributed by atoms with Gasteiger partial charge < -0.3 is 10.2 Å². The predicted octanol–water partition coefficient (Wildman–Crippen LogP) is 3.36. The van der Waals surface area contributed by atoms with Crippen LogP contribution in [0.15, 0.2) is 30.3 Å². The lowest BCUT2D eigenvalue weighted by molar-refractivity contribution is 0.339. The largest absolute Gasteiger partial charge is 0.315 e. The highest BCUT2D eigenvalue weighted by Crippen LogP contribution is 2.25. The van der Waals surface area contributed by atoms with Gasteiger partial charge in [0.1, 0.15) is 0 Å². The minimum absolute atomic E-state index is 0.623. The molecule has 0 heterocycles. The fourth-order valence-corrected chi connectivity index (χ4v) is 2.32. The van der Waals surface area contributed by atoms with Gasteiger partial charge in [-0.2, -0.15) is 0 Å². The van der Waals surface area contributed by atoms with Gasteiger partial charge in [0.2, 0.25) is 0 Å². The van der Waals surface area contributed by atoms with Crippen LogP contribution in [0.25, 0.3) is 0 Å². The van der Waals surface area contributed by atoms with Gasteiger partial charge in [0, 0.05) is 19.6 Å². The van der Waals surface area contributed by atoms with Crippen molar-refractivity contribution in [1.29, 1.82) is 0 Å². The summed E-state index contributed by atoms with van der Waals surface area (Å²) in [7, 11) is 2.17. The van der Waals surface area contributed by atoms with Gasteiger partial charge in [-0.3, -0.25) is 0 Å². The third-order valence-electron chi connectivity index (χ3n) is 4.13. The van der Waals surface area contributed by atoms with Crippen molar-refractivity contribution in [2.24, 2.45) is 5.92 Å². The summed E-state index contributed by atoms with van der Waals surface area (Å²) < 4.78 is 0. The molecular formula is C17H30N2. The molecule has 19 heavy (non-hydrogen) atoms. The van der Waals surface area contributed by atoms with Crippen molar-refractivity contribution >= 4 is 0 Å². The van der Waals surface area contributed by atoms with Gasteiger partial charge in [0.15, 0.2) is 0 Å². The van der Waals surface area contributed by atoms with Crippen LogP contribution in [0.4, 0.5) is 0 Å². The highest BCUT2D eigenvalue weighted by molar-refractivity contribution is 5.20. The second kappa shape index (κ2) is 9.11. The van der Waals surface area contributed by atoms with Gasteiger partial charge in [-0.25, -0.2) is 0 Å². The zero-order valence-corrected chi connectivity index (χ0v) is 13.0. The fraction of sp³-hybridized carbons (Fsp3) is 0.647. The minimum atomic E-state index is 0.623. The molecule has 1 N–H and O–H groups in total. The Hall–Kier alpha value is -0.860. The van der Waals surface area contributed by atoms with Crippen molar-refractivity contribution in [2.75, 3.05) is 33.2 Å². The topological polar surface area (TPSA) is 15.3 Å². The first-order chi connectivity index (χ1) is 9.19. The Morgan fingerprint density at radius 1 is 1.16 bits per heavy atom. The molecule has 1 aromatic rings. The van der Waals surface area contributed by atoms with Gasteiger partial charge in [-0.05, 0) is 31.0 Å². The zero-order valence-electron chi connectivity index (χ0n) is 13.0. The summed E-state index contributed by atoms with van der Waals surface area (Å²) in [4.78, 5) is 2.34. The van der Waals surface area contributed by atoms with Crippen LogP contribution in [-0.4, -0.2) is 38.1 Å². The van der Waals surface area contributed by atoms with E-state index in [1.165, 1.54) is 12.0 Å². The van der Waals surface area contributed by atoms with Crippen LogP contribution in [0.1, 0.15) is 38.7 Å². The van der Waals surface area contributed by atoms with Crippen molar-refractivity contribution < 1.29 is 0 Å². The van der Waals surface area contributed by atoms with Crippen LogP contribution < -0.4 is 5.32 Å². The lowest BCUT2D eigenvalue weighted by atomic mass is 9.85. The van der Waals surface area contributed by atoms with E-state index in [1.807, 2.05) is 0 Å². The molecule has 0 aromatic heterocycles. The molecule has 0 aliphatic heterocycles. The molecule has 108 valence electrons. The molecule has 1 aromatic carbocycles. The van der Waals surface area contributed by atoms with E-state index < -0.39 is 0 Å². The molecule has 0 saturated carbocycles. The van der Waals surface area contributed by atoms with E-state index in [4.69, 9.17) is 0 Å². The lowest BCUT2D eigenvalue weighted by Gasteiger charge is -2.24. The molecule has 1 rings (SSSR count). The van der Waals surface area contributed by atoms with E-state index in [0.29, 0.717) is 5.92 Å². The number of rotatable bonds is 9. The normalized spacial score (nSPS) is 14.6. The van der Waals surface area contributed by atoms with Crippen molar-refractivity contribution in [3.05, 3.63) is 35.9 Å². The first-order valence-corrected chi connectivity index (χ1v) is 7.63. The van der Waals surface area contributed by atoms with E-state index in [-0.39, 0.29) is 0 Å². The number of nitrogens with one attached hydrogen (secondary N) is 1. The summed E-state index contributed by atoms with van der Waals surface area (Å²) in [5.74, 6) is 1.34. The molecule has 0 saturated heterocycles. The van der Waals surface area contributed by atoms with Crippen molar-refractivity contribution in [2.45, 2.75) is 33.1 Å². The van der Waals surface area contributed by atoms with Crippen molar-refractivity contribution in [3.8, 4) is 0 Å². The Balaban J connectivity index is 2.48. The quantitative estimate of drug-likeness (QED) is 0.687. The smallest absolute Gasteiger partial charge is 0.0104 e. The first kappa shape index (κ1) is 16.2. The Labute approximate surface area is 119 Å². The Morgan fingerprint density at radius 2 is 1.84 bits per heavy atom.